The van der Waals surface area contributed by atoms with Crippen molar-refractivity contribution in [3.05, 3.63) is 0 Å². The lowest BCUT2D eigenvalue weighted by molar-refractivity contribution is -0.430. The van der Waals surface area contributed by atoms with Gasteiger partial charge in [-0.3, -0.25) is 13.8 Å². The molecular weight excluding hydrogens is 1740 g/mol. The smallest absolute Gasteiger partial charge is 0.472 e. The summed E-state index contributed by atoms with van der Waals surface area (Å²) in [6, 6.07) is -1.87. The molecule has 0 aliphatic carbocycles. The fourth-order valence-corrected chi connectivity index (χ4v) is 16.3. The summed E-state index contributed by atoms with van der Waals surface area (Å²) < 4.78 is 125. The zero-order valence-corrected chi connectivity index (χ0v) is 65.8. The molecule has 0 aromatic rings. The number of aliphatic carboxylic acids is 2. The highest BCUT2D eigenvalue weighted by Gasteiger charge is 2.66. The van der Waals surface area contributed by atoms with Crippen LogP contribution in [0.3, 0.4) is 0 Å². The molecule has 9 fully saturated rings. The van der Waals surface area contributed by atoms with Crippen LogP contribution in [0.25, 0.3) is 0 Å². The summed E-state index contributed by atoms with van der Waals surface area (Å²) in [4.78, 5) is 49.5. The van der Waals surface area contributed by atoms with Gasteiger partial charge in [-0.1, -0.05) is 0 Å². The SMILES string of the molecule is CC(=O)N[C@H]1[C@H]([C@H](O)[C@H](O)CO)O[C@@](O[C@H]2[C@@H](O)[C@@H](CO)O[C@@H](O[C@H]3[C@@H](O)[C@@H](CO)O[C@@H](O[C@H]4[C@H](O)[C@@H]([C@@H](O)CO)O[C@H](O[C@@H]5[C@H](O)[C@@H](O[C@H]6[C@@H]([C@H](O)CO)O[C@@](O)(C(=O)O)C[C@H]6O)O[C@H]([C@H](CO)OP(=O)(O)OCCN)[C@H]5O[C@@H]5O[C@H](CO)[C@@H](O)[C@H](O)[C@H]5O)[C@H]4O[C@@H]4O[C@H](CO)[C@@H](O)[C@H](O)[C@H]4O)[C@@H]3O[C@H]3O[C@H](CO)[C@H](O)[C@H](O)[C@H]3O)[C@@H]2O)(C(=O)O)C[C@@H]1O. The summed E-state index contributed by atoms with van der Waals surface area (Å²) in [6.45, 7) is -13.3. The van der Waals surface area contributed by atoms with E-state index in [0.29, 0.717) is 0 Å². The fourth-order valence-electron chi connectivity index (χ4n) is 15.3. The molecule has 0 aromatic carbocycles. The molecule has 9 aliphatic rings. The van der Waals surface area contributed by atoms with Crippen LogP contribution in [0.2, 0.25) is 0 Å². The van der Waals surface area contributed by atoms with Crippen LogP contribution >= 0.6 is 7.82 Å². The molecule has 9 saturated heterocycles. The van der Waals surface area contributed by atoms with E-state index in [-0.39, 0.29) is 0 Å². The van der Waals surface area contributed by atoms with Gasteiger partial charge in [-0.25, -0.2) is 14.2 Å². The van der Waals surface area contributed by atoms with Crippen molar-refractivity contribution in [1.29, 1.82) is 0 Å². The molecule has 49 atom stereocenters. The Kier molecular flexibility index (Phi) is 37.4. The van der Waals surface area contributed by atoms with Crippen LogP contribution in [0.4, 0.5) is 0 Å². The van der Waals surface area contributed by atoms with E-state index in [1.54, 1.807) is 0 Å². The number of carboxylic acid groups (broad SMARTS) is 2. The van der Waals surface area contributed by atoms with Gasteiger partial charge in [0.15, 0.2) is 44.0 Å². The first-order chi connectivity index (χ1) is 58.3. The highest BCUT2D eigenvalue weighted by molar-refractivity contribution is 7.47. The number of hydrogen-bond acceptors (Lipinski definition) is 54. The number of carboxylic acids is 2. The van der Waals surface area contributed by atoms with Gasteiger partial charge in [0.05, 0.1) is 84.3 Å². The molecule has 1 amide bonds. The monoisotopic (exact) mass is 1850 g/mol. The first kappa shape index (κ1) is 104. The van der Waals surface area contributed by atoms with E-state index < -0.39 is 405 Å². The number of ether oxygens (including phenoxy) is 17. The molecular formula is C65H111N2O56P. The predicted octanol–water partition coefficient (Wildman–Crippen LogP) is -22.6. The first-order valence-electron chi connectivity index (χ1n) is 38.5. The number of carbonyl (C=O) groups excluding carboxylic acids is 1. The number of amides is 1. The van der Waals surface area contributed by atoms with Crippen molar-refractivity contribution < 1.29 is 277 Å². The van der Waals surface area contributed by atoms with Gasteiger partial charge in [0.1, 0.15) is 220 Å². The number of nitrogens with two attached hydrogens (primary N) is 1. The second kappa shape index (κ2) is 44.4. The van der Waals surface area contributed by atoms with Crippen molar-refractivity contribution in [3.8, 4) is 0 Å². The molecule has 722 valence electrons. The van der Waals surface area contributed by atoms with Crippen molar-refractivity contribution in [2.75, 3.05) is 72.6 Å². The Bertz CT molecular complexity index is 3380. The standard InChI is InChI=1S/C65H111N2O56P/c1-15(77)67-27-16(78)5-65(63(100)101,121-47(27)28(83)18(80)6-68)122-48-32(87)24(12-74)109-58(41(48)96)114-49-33(88)25(13-75)110-60(53(49)118-56-38(93)35(90)30(85)22(10-72)107-56)115-50-40(95)43(19(81)7-69)111-61(54(50)119-57-39(94)36(91)31(86)23(11-73)108-57)116-51-42(97)59(112-44-17(79)4-64(102,62(98)99)120-45(44)20(82)8-70)113-46(26(14-76)123-124(103,104)105-3-2-66)52(51)117-55-37(92)34(89)29(84)21(9-71)106-55/h16-61,68-76,78-97,102H,2-14,66H2,1H3,(H,67,77)(H,98,99)(H,100,101)(H,103,104)/t16-,17+,18+,19-,20+,21+,22+,23+,24+,25+,26-,27+,28+,29+,30-,31+,32-,33-,34-,35-,36-,37+,38+,39+,40+,41+,42-,43+,44+,45+,46+,47+,48-,49-,50-,51+,52+,53+,54-,55-,56+,57-,58-,59-,60-,61+,64+,65-/m0/s1. The second-order valence-electron chi connectivity index (χ2n) is 30.5. The minimum Gasteiger partial charge on any atom is -0.477 e. The summed E-state index contributed by atoms with van der Waals surface area (Å²) in [5.41, 5.74) is 5.51. The minimum atomic E-state index is -5.73. The lowest BCUT2D eigenvalue weighted by Crippen LogP contribution is -2.72. The summed E-state index contributed by atoms with van der Waals surface area (Å²) in [5.74, 6) is -12.4. The maximum atomic E-state index is 13.8. The van der Waals surface area contributed by atoms with Gasteiger partial charge in [-0.05, 0) is 0 Å². The Labute approximate surface area is 697 Å². The molecule has 0 radical (unpaired) electrons. The van der Waals surface area contributed by atoms with E-state index in [4.69, 9.17) is 95.3 Å². The predicted molar refractivity (Wildman–Crippen MR) is 373 cm³/mol. The van der Waals surface area contributed by atoms with Crippen LogP contribution in [0.1, 0.15) is 19.8 Å². The number of nitrogens with one attached hydrogen (secondary N) is 1. The molecule has 9 rings (SSSR count). The number of aliphatic hydroxyl groups excluding tert-OH is 29. The van der Waals surface area contributed by atoms with Gasteiger partial charge < -0.3 is 260 Å². The third-order valence-corrected chi connectivity index (χ3v) is 23.0. The normalized spacial score (nSPS) is 47.3. The number of phosphoric ester groups is 1. The lowest BCUT2D eigenvalue weighted by atomic mass is 9.88. The highest BCUT2D eigenvalue weighted by Crippen LogP contribution is 2.49. The van der Waals surface area contributed by atoms with E-state index in [0.717, 1.165) is 6.92 Å². The van der Waals surface area contributed by atoms with Crippen molar-refractivity contribution >= 4 is 25.7 Å². The summed E-state index contributed by atoms with van der Waals surface area (Å²) >= 11 is 0. The van der Waals surface area contributed by atoms with Gasteiger partial charge in [0, 0.05) is 26.3 Å². The Morgan fingerprint density at radius 3 is 1.25 bits per heavy atom. The van der Waals surface area contributed by atoms with Crippen LogP contribution in [0.15, 0.2) is 0 Å². The van der Waals surface area contributed by atoms with E-state index in [1.165, 1.54) is 0 Å². The maximum Gasteiger partial charge on any atom is 0.472 e. The van der Waals surface area contributed by atoms with Crippen LogP contribution < -0.4 is 11.1 Å². The Morgan fingerprint density at radius 2 is 0.806 bits per heavy atom. The van der Waals surface area contributed by atoms with Gasteiger partial charge in [-0.15, -0.1) is 0 Å². The Hall–Kier alpha value is -3.40. The molecule has 0 spiro atoms. The number of carbonyl (C=O) groups is 3. The van der Waals surface area contributed by atoms with E-state index in [2.05, 4.69) is 5.32 Å². The molecule has 36 N–H and O–H groups in total. The molecule has 124 heavy (non-hydrogen) atoms. The van der Waals surface area contributed by atoms with E-state index in [1.807, 2.05) is 0 Å². The van der Waals surface area contributed by atoms with Crippen molar-refractivity contribution in [1.82, 2.24) is 5.32 Å². The zero-order chi connectivity index (χ0) is 92.1. The van der Waals surface area contributed by atoms with E-state index in [9.17, 15) is 187 Å². The molecule has 58 nitrogen and oxygen atoms in total. The summed E-state index contributed by atoms with van der Waals surface area (Å²) in [6.07, 6.45) is -119. The van der Waals surface area contributed by atoms with Crippen molar-refractivity contribution in [2.24, 2.45) is 5.73 Å². The summed E-state index contributed by atoms with van der Waals surface area (Å²) in [5, 5.41) is 362. The van der Waals surface area contributed by atoms with Crippen LogP contribution in [0.5, 0.6) is 0 Å². The highest BCUT2D eigenvalue weighted by atomic mass is 31.2. The van der Waals surface area contributed by atoms with Gasteiger partial charge >= 0.3 is 19.8 Å². The number of rotatable bonds is 38. The van der Waals surface area contributed by atoms with Gasteiger partial charge in [0.2, 0.25) is 5.91 Å². The van der Waals surface area contributed by atoms with Gasteiger partial charge in [-0.2, -0.15) is 0 Å². The quantitative estimate of drug-likeness (QED) is 0.0255. The average Bonchev–Trinajstić information content (AvgIpc) is 0.752. The molecule has 9 heterocycles. The topological polar surface area (TPSA) is 949 Å². The van der Waals surface area contributed by atoms with Crippen molar-refractivity contribution in [3.63, 3.8) is 0 Å². The van der Waals surface area contributed by atoms with Crippen LogP contribution in [0, 0.1) is 0 Å². The third-order valence-electron chi connectivity index (χ3n) is 22.0. The zero-order valence-electron chi connectivity index (χ0n) is 64.9. The molecule has 59 heteroatoms. The number of phosphoric acid groups is 1. The summed E-state index contributed by atoms with van der Waals surface area (Å²) in [7, 11) is -5.73. The Balaban J connectivity index is 1.23. The molecule has 9 aliphatic heterocycles. The van der Waals surface area contributed by atoms with Crippen LogP contribution in [-0.2, 0) is 109 Å². The van der Waals surface area contributed by atoms with Crippen LogP contribution in [-0.4, -0.2) is 552 Å². The molecule has 0 saturated carbocycles. The largest absolute Gasteiger partial charge is 0.477 e. The molecule has 1 unspecified atom stereocenters. The average molecular weight is 1850 g/mol. The first-order valence-corrected chi connectivity index (χ1v) is 40.0. The van der Waals surface area contributed by atoms with E-state index >= 15 is 0 Å². The molecule has 0 aromatic heterocycles. The maximum absolute atomic E-state index is 13.8. The third kappa shape index (κ3) is 22.6. The number of aliphatic hydroxyl groups is 30. The fraction of sp³-hybridized carbons (Fsp3) is 0.954. The van der Waals surface area contributed by atoms with Crippen molar-refractivity contribution in [2.45, 2.75) is 313 Å². The molecule has 0 bridgehead atoms. The number of hydrogen-bond donors (Lipinski definition) is 35. The lowest BCUT2D eigenvalue weighted by Gasteiger charge is -2.53. The Morgan fingerprint density at radius 1 is 0.419 bits per heavy atom. The van der Waals surface area contributed by atoms with Gasteiger partial charge in [0.25, 0.3) is 11.6 Å². The minimum absolute atomic E-state index is 0.545. The second-order valence-corrected chi connectivity index (χ2v) is 31.9.